The maximum atomic E-state index is 2.51. The van der Waals surface area contributed by atoms with Crippen molar-refractivity contribution in [2.75, 3.05) is 9.80 Å². The van der Waals surface area contributed by atoms with Gasteiger partial charge in [-0.2, -0.15) is 0 Å². The van der Waals surface area contributed by atoms with E-state index in [1.165, 1.54) is 55.6 Å². The summed E-state index contributed by atoms with van der Waals surface area (Å²) in [4.78, 5) is 4.99. The van der Waals surface area contributed by atoms with E-state index in [1.807, 2.05) is 0 Å². The number of hydrogen-bond donors (Lipinski definition) is 0. The van der Waals surface area contributed by atoms with Crippen molar-refractivity contribution in [3.05, 3.63) is 277 Å². The molecule has 0 amide bonds. The van der Waals surface area contributed by atoms with Gasteiger partial charge in [-0.05, 0) is 98.6 Å². The molecule has 0 fully saturated rings. The minimum absolute atomic E-state index is 0.577. The minimum atomic E-state index is -0.577. The maximum Gasteiger partial charge on any atom is 0.0727 e. The lowest BCUT2D eigenvalue weighted by Crippen LogP contribution is -2.26. The van der Waals surface area contributed by atoms with E-state index in [9.17, 15) is 0 Å². The SMILES string of the molecule is c1ccc(-c2ccccc2N(c2ccccc2)c2cc(N(c3ccccc3)c3ccccc3-c3ccccc3)c3c(c2)C2(c4ccccc4-c4ccccc42)c2ccccc2-3)cc1. The highest BCUT2D eigenvalue weighted by Crippen LogP contribution is 2.66. The van der Waals surface area contributed by atoms with Gasteiger partial charge in [0, 0.05) is 33.8 Å². The molecule has 0 bridgehead atoms. The normalized spacial score (nSPS) is 12.6. The molecule has 0 heterocycles. The fourth-order valence-corrected chi connectivity index (χ4v) is 10.5. The number of hydrogen-bond acceptors (Lipinski definition) is 2. The molecule has 12 rings (SSSR count). The van der Waals surface area contributed by atoms with Crippen LogP contribution in [0.25, 0.3) is 44.5 Å². The lowest BCUT2D eigenvalue weighted by molar-refractivity contribution is 0.793. The Hall–Kier alpha value is -8.20. The zero-order chi connectivity index (χ0) is 41.7. The summed E-state index contributed by atoms with van der Waals surface area (Å²) in [5, 5.41) is 0. The Morgan fingerprint density at radius 3 is 1.11 bits per heavy atom. The summed E-state index contributed by atoms with van der Waals surface area (Å²) in [6.45, 7) is 0. The quantitative estimate of drug-likeness (QED) is 0.151. The summed E-state index contributed by atoms with van der Waals surface area (Å²) in [7, 11) is 0. The van der Waals surface area contributed by atoms with Crippen molar-refractivity contribution in [2.24, 2.45) is 0 Å². The Morgan fingerprint density at radius 2 is 0.603 bits per heavy atom. The number of rotatable bonds is 8. The van der Waals surface area contributed by atoms with Crippen molar-refractivity contribution in [3.63, 3.8) is 0 Å². The van der Waals surface area contributed by atoms with Gasteiger partial charge in [0.15, 0.2) is 0 Å². The molecule has 10 aromatic rings. The first kappa shape index (κ1) is 36.6. The maximum absolute atomic E-state index is 2.51. The predicted molar refractivity (Wildman–Crippen MR) is 263 cm³/mol. The Morgan fingerprint density at radius 1 is 0.238 bits per heavy atom. The van der Waals surface area contributed by atoms with Crippen molar-refractivity contribution in [1.82, 2.24) is 0 Å². The summed E-state index contributed by atoms with van der Waals surface area (Å²) in [6.07, 6.45) is 0. The number of nitrogens with zero attached hydrogens (tertiary/aromatic N) is 2. The summed E-state index contributed by atoms with van der Waals surface area (Å²) < 4.78 is 0. The third kappa shape index (κ3) is 5.72. The van der Waals surface area contributed by atoms with E-state index in [1.54, 1.807) is 0 Å². The molecule has 0 unspecified atom stereocenters. The molecule has 2 aliphatic carbocycles. The topological polar surface area (TPSA) is 6.48 Å². The van der Waals surface area contributed by atoms with Gasteiger partial charge in [0.1, 0.15) is 0 Å². The first-order chi connectivity index (χ1) is 31.3. The monoisotopic (exact) mass is 802 g/mol. The highest BCUT2D eigenvalue weighted by molar-refractivity contribution is 6.04. The van der Waals surface area contributed by atoms with Crippen LogP contribution < -0.4 is 9.80 Å². The van der Waals surface area contributed by atoms with Gasteiger partial charge in [0.25, 0.3) is 0 Å². The molecular formula is C61H42N2. The van der Waals surface area contributed by atoms with E-state index < -0.39 is 5.41 Å². The summed E-state index contributed by atoms with van der Waals surface area (Å²) in [6, 6.07) is 93.4. The second kappa shape index (κ2) is 15.1. The third-order valence-corrected chi connectivity index (χ3v) is 13.0. The second-order valence-corrected chi connectivity index (χ2v) is 16.4. The van der Waals surface area contributed by atoms with Crippen molar-refractivity contribution in [1.29, 1.82) is 0 Å². The molecule has 63 heavy (non-hydrogen) atoms. The molecule has 296 valence electrons. The van der Waals surface area contributed by atoms with Gasteiger partial charge in [-0.1, -0.05) is 206 Å². The van der Waals surface area contributed by atoms with Gasteiger partial charge in [-0.15, -0.1) is 0 Å². The Labute approximate surface area is 369 Å². The Kier molecular flexibility index (Phi) is 8.76. The molecule has 0 N–H and O–H groups in total. The largest absolute Gasteiger partial charge is 0.310 e. The van der Waals surface area contributed by atoms with Crippen LogP contribution in [-0.4, -0.2) is 0 Å². The highest BCUT2D eigenvalue weighted by atomic mass is 15.2. The van der Waals surface area contributed by atoms with E-state index in [-0.39, 0.29) is 0 Å². The van der Waals surface area contributed by atoms with E-state index in [0.29, 0.717) is 0 Å². The van der Waals surface area contributed by atoms with Crippen LogP contribution in [0.5, 0.6) is 0 Å². The van der Waals surface area contributed by atoms with E-state index in [4.69, 9.17) is 0 Å². The van der Waals surface area contributed by atoms with Gasteiger partial charge < -0.3 is 9.80 Å². The molecule has 0 radical (unpaired) electrons. The molecule has 2 nitrogen and oxygen atoms in total. The molecule has 0 saturated heterocycles. The molecule has 1 spiro atoms. The minimum Gasteiger partial charge on any atom is -0.310 e. The first-order valence-corrected chi connectivity index (χ1v) is 21.8. The smallest absolute Gasteiger partial charge is 0.0727 e. The Bertz CT molecular complexity index is 3240. The fourth-order valence-electron chi connectivity index (χ4n) is 10.5. The van der Waals surface area contributed by atoms with Crippen LogP contribution in [0.2, 0.25) is 0 Å². The van der Waals surface area contributed by atoms with Crippen LogP contribution in [0.1, 0.15) is 22.3 Å². The molecular weight excluding hydrogens is 761 g/mol. The molecule has 2 heteroatoms. The van der Waals surface area contributed by atoms with E-state index >= 15 is 0 Å². The molecule has 0 aromatic heterocycles. The number of para-hydroxylation sites is 4. The molecule has 0 aliphatic heterocycles. The molecule has 10 aromatic carbocycles. The van der Waals surface area contributed by atoms with Crippen molar-refractivity contribution in [2.45, 2.75) is 5.41 Å². The highest BCUT2D eigenvalue weighted by Gasteiger charge is 2.53. The van der Waals surface area contributed by atoms with Gasteiger partial charge in [-0.3, -0.25) is 0 Å². The lowest BCUT2D eigenvalue weighted by atomic mass is 9.70. The molecule has 2 aliphatic rings. The number of anilines is 6. The lowest BCUT2D eigenvalue weighted by Gasteiger charge is -2.35. The number of fused-ring (bicyclic) bond motifs is 10. The standard InChI is InChI=1S/C61H42N2/c1-5-23-43(24-6-1)48-31-16-21-39-57(48)62(45-27-9-3-10-28-45)47-41-56-60(52-35-15-20-38-55(52)61(56)53-36-18-13-33-50(53)51-34-14-19-37-54(51)61)59(42-47)63(46-29-11-4-12-30-46)58-40-22-17-32-49(58)44-25-7-2-8-26-44/h1-42H. The molecule has 0 atom stereocenters. The zero-order valence-corrected chi connectivity index (χ0v) is 34.6. The first-order valence-electron chi connectivity index (χ1n) is 21.8. The van der Waals surface area contributed by atoms with Crippen molar-refractivity contribution < 1.29 is 0 Å². The van der Waals surface area contributed by atoms with Gasteiger partial charge in [0.2, 0.25) is 0 Å². The van der Waals surface area contributed by atoms with Crippen LogP contribution in [0.15, 0.2) is 255 Å². The Balaban J connectivity index is 1.25. The fraction of sp³-hybridized carbons (Fsp3) is 0.0164. The van der Waals surface area contributed by atoms with Crippen molar-refractivity contribution in [3.8, 4) is 44.5 Å². The summed E-state index contributed by atoms with van der Waals surface area (Å²) >= 11 is 0. The van der Waals surface area contributed by atoms with E-state index in [2.05, 4.69) is 265 Å². The predicted octanol–water partition coefficient (Wildman–Crippen LogP) is 16.3. The average Bonchev–Trinajstić information content (AvgIpc) is 3.83. The van der Waals surface area contributed by atoms with Crippen LogP contribution in [0.3, 0.4) is 0 Å². The van der Waals surface area contributed by atoms with Crippen LogP contribution >= 0.6 is 0 Å². The van der Waals surface area contributed by atoms with Crippen LogP contribution in [0, 0.1) is 0 Å². The van der Waals surface area contributed by atoms with Crippen LogP contribution in [-0.2, 0) is 5.41 Å². The molecule has 0 saturated carbocycles. The van der Waals surface area contributed by atoms with E-state index in [0.717, 1.165) is 45.3 Å². The van der Waals surface area contributed by atoms with Crippen LogP contribution in [0.4, 0.5) is 34.1 Å². The van der Waals surface area contributed by atoms with Gasteiger partial charge in [0.05, 0.1) is 22.5 Å². The van der Waals surface area contributed by atoms with Crippen molar-refractivity contribution >= 4 is 34.1 Å². The van der Waals surface area contributed by atoms with Gasteiger partial charge >= 0.3 is 0 Å². The second-order valence-electron chi connectivity index (χ2n) is 16.4. The number of benzene rings is 10. The average molecular weight is 803 g/mol. The summed E-state index contributed by atoms with van der Waals surface area (Å²) in [5.74, 6) is 0. The zero-order valence-electron chi connectivity index (χ0n) is 34.6. The third-order valence-electron chi connectivity index (χ3n) is 13.0. The van der Waals surface area contributed by atoms with Gasteiger partial charge in [-0.25, -0.2) is 0 Å². The summed E-state index contributed by atoms with van der Waals surface area (Å²) in [5.41, 5.74) is 20.9.